The van der Waals surface area contributed by atoms with Crippen LogP contribution in [0.25, 0.3) is 11.0 Å². The Morgan fingerprint density at radius 3 is 2.88 bits per heavy atom. The highest BCUT2D eigenvalue weighted by Gasteiger charge is 2.19. The number of rotatable bonds is 1. The molecule has 2 aromatic rings. The zero-order valence-electron chi connectivity index (χ0n) is 10.0. The van der Waals surface area contributed by atoms with Crippen LogP contribution in [0.5, 0.6) is 0 Å². The van der Waals surface area contributed by atoms with Gasteiger partial charge in [-0.05, 0) is 49.5 Å². The zero-order chi connectivity index (χ0) is 11.0. The van der Waals surface area contributed by atoms with Crippen LogP contribution in [-0.2, 0) is 7.05 Å². The molecule has 4 heteroatoms. The van der Waals surface area contributed by atoms with Gasteiger partial charge in [-0.1, -0.05) is 0 Å². The third-order valence-corrected chi connectivity index (χ3v) is 3.54. The number of aromatic nitrogens is 2. The largest absolute Gasteiger partial charge is 0.335 e. The van der Waals surface area contributed by atoms with Crippen LogP contribution in [-0.4, -0.2) is 22.6 Å². The van der Waals surface area contributed by atoms with Crippen LogP contribution in [0, 0.1) is 0 Å². The Bertz CT molecular complexity index is 500. The molecule has 0 unspecified atom stereocenters. The van der Waals surface area contributed by atoms with E-state index in [2.05, 4.69) is 34.2 Å². The van der Waals surface area contributed by atoms with Gasteiger partial charge in [0.25, 0.3) is 0 Å². The lowest BCUT2D eigenvalue weighted by Gasteiger charge is -2.22. The number of piperidine rings is 1. The summed E-state index contributed by atoms with van der Waals surface area (Å²) in [6.45, 7) is 2.28. The first-order chi connectivity index (χ1) is 7.86. The Hall–Kier alpha value is -1.06. The lowest BCUT2D eigenvalue weighted by molar-refractivity contribution is 0.462. The Kier molecular flexibility index (Phi) is 3.69. The van der Waals surface area contributed by atoms with Gasteiger partial charge in [-0.25, -0.2) is 4.98 Å². The molecule has 0 bridgehead atoms. The molecule has 0 saturated carbocycles. The Morgan fingerprint density at radius 1 is 1.35 bits per heavy atom. The average Bonchev–Trinajstić information content (AvgIpc) is 2.69. The maximum absolute atomic E-state index is 4.44. The minimum atomic E-state index is 0. The summed E-state index contributed by atoms with van der Waals surface area (Å²) in [6, 6.07) is 4.23. The van der Waals surface area contributed by atoms with Gasteiger partial charge in [0.2, 0.25) is 0 Å². The molecule has 1 saturated heterocycles. The first-order valence-electron chi connectivity index (χ1n) is 5.97. The number of fused-ring (bicyclic) bond motifs is 1. The van der Waals surface area contributed by atoms with E-state index in [9.17, 15) is 0 Å². The second kappa shape index (κ2) is 5.07. The van der Waals surface area contributed by atoms with Gasteiger partial charge in [0.15, 0.2) is 0 Å². The molecule has 0 aromatic carbocycles. The van der Waals surface area contributed by atoms with Crippen LogP contribution in [0.15, 0.2) is 24.5 Å². The van der Waals surface area contributed by atoms with Crippen molar-refractivity contribution in [1.29, 1.82) is 0 Å². The van der Waals surface area contributed by atoms with Crippen molar-refractivity contribution in [2.75, 3.05) is 13.1 Å². The lowest BCUT2D eigenvalue weighted by Crippen LogP contribution is -2.26. The van der Waals surface area contributed by atoms with Crippen molar-refractivity contribution in [2.24, 2.45) is 7.05 Å². The van der Waals surface area contributed by atoms with E-state index >= 15 is 0 Å². The second-order valence-corrected chi connectivity index (χ2v) is 4.59. The fourth-order valence-corrected chi connectivity index (χ4v) is 2.70. The molecule has 92 valence electrons. The van der Waals surface area contributed by atoms with E-state index in [1.165, 1.54) is 23.8 Å². The summed E-state index contributed by atoms with van der Waals surface area (Å²) >= 11 is 0. The summed E-state index contributed by atoms with van der Waals surface area (Å²) in [6.07, 6.45) is 6.62. The molecular weight excluding hydrogens is 234 g/mol. The van der Waals surface area contributed by atoms with E-state index in [0.29, 0.717) is 5.92 Å². The summed E-state index contributed by atoms with van der Waals surface area (Å²) in [7, 11) is 2.08. The molecule has 0 spiro atoms. The molecule has 1 aliphatic rings. The minimum absolute atomic E-state index is 0. The molecule has 2 aromatic heterocycles. The minimum Gasteiger partial charge on any atom is -0.335 e. The molecule has 3 nitrogen and oxygen atoms in total. The summed E-state index contributed by atoms with van der Waals surface area (Å²) in [5.41, 5.74) is 2.59. The molecule has 1 aliphatic heterocycles. The second-order valence-electron chi connectivity index (χ2n) is 4.59. The highest BCUT2D eigenvalue weighted by molar-refractivity contribution is 5.85. The van der Waals surface area contributed by atoms with E-state index in [1.807, 2.05) is 12.3 Å². The molecule has 0 radical (unpaired) electrons. The SMILES string of the molecule is Cl.Cn1cc(C2CCNCC2)c2cccnc21. The zero-order valence-corrected chi connectivity index (χ0v) is 10.8. The summed E-state index contributed by atoms with van der Waals surface area (Å²) in [4.78, 5) is 4.44. The number of nitrogens with zero attached hydrogens (tertiary/aromatic N) is 2. The van der Waals surface area contributed by atoms with Crippen LogP contribution in [0.2, 0.25) is 0 Å². The molecule has 0 amide bonds. The monoisotopic (exact) mass is 251 g/mol. The number of aryl methyl sites for hydroxylation is 1. The van der Waals surface area contributed by atoms with Gasteiger partial charge < -0.3 is 9.88 Å². The van der Waals surface area contributed by atoms with Crippen molar-refractivity contribution >= 4 is 23.4 Å². The topological polar surface area (TPSA) is 29.9 Å². The molecule has 1 N–H and O–H groups in total. The molecule has 17 heavy (non-hydrogen) atoms. The smallest absolute Gasteiger partial charge is 0.139 e. The summed E-state index contributed by atoms with van der Waals surface area (Å²) < 4.78 is 2.15. The number of pyridine rings is 1. The predicted octanol–water partition coefficient (Wildman–Crippen LogP) is 2.46. The fourth-order valence-electron chi connectivity index (χ4n) is 2.70. The van der Waals surface area contributed by atoms with E-state index < -0.39 is 0 Å². The molecule has 0 atom stereocenters. The van der Waals surface area contributed by atoms with Crippen molar-refractivity contribution in [2.45, 2.75) is 18.8 Å². The maximum atomic E-state index is 4.44. The molecular formula is C13H18ClN3. The highest BCUT2D eigenvalue weighted by atomic mass is 35.5. The van der Waals surface area contributed by atoms with Crippen LogP contribution in [0.1, 0.15) is 24.3 Å². The summed E-state index contributed by atoms with van der Waals surface area (Å²) in [5, 5.41) is 4.75. The quantitative estimate of drug-likeness (QED) is 0.844. The first-order valence-corrected chi connectivity index (χ1v) is 5.97. The number of nitrogens with one attached hydrogen (secondary N) is 1. The first kappa shape index (κ1) is 12.4. The lowest BCUT2D eigenvalue weighted by atomic mass is 9.90. The Morgan fingerprint density at radius 2 is 2.12 bits per heavy atom. The number of hydrogen-bond acceptors (Lipinski definition) is 2. The third kappa shape index (κ3) is 2.17. The van der Waals surface area contributed by atoms with Gasteiger partial charge in [0.05, 0.1) is 0 Å². The van der Waals surface area contributed by atoms with E-state index in [-0.39, 0.29) is 12.4 Å². The van der Waals surface area contributed by atoms with E-state index in [0.717, 1.165) is 18.7 Å². The third-order valence-electron chi connectivity index (χ3n) is 3.54. The number of halogens is 1. The Balaban J connectivity index is 0.00000108. The van der Waals surface area contributed by atoms with Gasteiger partial charge in [-0.2, -0.15) is 0 Å². The van der Waals surface area contributed by atoms with Gasteiger partial charge in [-0.15, -0.1) is 12.4 Å². The van der Waals surface area contributed by atoms with Crippen LogP contribution in [0.3, 0.4) is 0 Å². The van der Waals surface area contributed by atoms with Crippen molar-refractivity contribution < 1.29 is 0 Å². The maximum Gasteiger partial charge on any atom is 0.139 e. The van der Waals surface area contributed by atoms with Crippen molar-refractivity contribution in [3.05, 3.63) is 30.1 Å². The molecule has 3 heterocycles. The van der Waals surface area contributed by atoms with E-state index in [1.54, 1.807) is 0 Å². The van der Waals surface area contributed by atoms with Crippen molar-refractivity contribution in [3.8, 4) is 0 Å². The van der Waals surface area contributed by atoms with Crippen LogP contribution >= 0.6 is 12.4 Å². The standard InChI is InChI=1S/C13H17N3.ClH/c1-16-9-12(10-4-7-14-8-5-10)11-3-2-6-15-13(11)16;/h2-3,6,9-10,14H,4-5,7-8H2,1H3;1H. The highest BCUT2D eigenvalue weighted by Crippen LogP contribution is 2.31. The molecule has 0 aliphatic carbocycles. The van der Waals surface area contributed by atoms with Crippen molar-refractivity contribution in [3.63, 3.8) is 0 Å². The predicted molar refractivity (Wildman–Crippen MR) is 72.8 cm³/mol. The van der Waals surface area contributed by atoms with Crippen molar-refractivity contribution in [1.82, 2.24) is 14.9 Å². The normalized spacial score (nSPS) is 17.0. The fraction of sp³-hybridized carbons (Fsp3) is 0.462. The number of hydrogen-bond donors (Lipinski definition) is 1. The molecule has 3 rings (SSSR count). The van der Waals surface area contributed by atoms with Gasteiger partial charge >= 0.3 is 0 Å². The van der Waals surface area contributed by atoms with Crippen LogP contribution in [0.4, 0.5) is 0 Å². The van der Waals surface area contributed by atoms with Crippen LogP contribution < -0.4 is 5.32 Å². The van der Waals surface area contributed by atoms with Gasteiger partial charge in [-0.3, -0.25) is 0 Å². The Labute approximate surface area is 108 Å². The summed E-state index contributed by atoms with van der Waals surface area (Å²) in [5.74, 6) is 0.703. The van der Waals surface area contributed by atoms with Gasteiger partial charge in [0.1, 0.15) is 5.65 Å². The average molecular weight is 252 g/mol. The van der Waals surface area contributed by atoms with E-state index in [4.69, 9.17) is 0 Å². The molecule has 1 fully saturated rings. The van der Waals surface area contributed by atoms with Gasteiger partial charge in [0, 0.05) is 24.8 Å².